The highest BCUT2D eigenvalue weighted by Crippen LogP contribution is 2.21. The van der Waals surface area contributed by atoms with Crippen LogP contribution in [-0.4, -0.2) is 83.4 Å². The maximum atomic E-state index is 13.1. The fourth-order valence-corrected chi connectivity index (χ4v) is 5.08. The van der Waals surface area contributed by atoms with Crippen LogP contribution in [0.25, 0.3) is 0 Å². The van der Waals surface area contributed by atoms with E-state index in [0.29, 0.717) is 30.8 Å². The zero-order valence-electron chi connectivity index (χ0n) is 19.3. The number of carbonyl (C=O) groups excluding carboxylic acids is 2. The van der Waals surface area contributed by atoms with Crippen molar-refractivity contribution in [2.24, 2.45) is 0 Å². The van der Waals surface area contributed by atoms with Crippen molar-refractivity contribution < 1.29 is 9.59 Å². The number of hydrogen-bond acceptors (Lipinski definition) is 6. The summed E-state index contributed by atoms with van der Waals surface area (Å²) in [6.45, 7) is 7.67. The summed E-state index contributed by atoms with van der Waals surface area (Å²) in [5, 5.41) is 0. The Hall–Kier alpha value is -3.16. The first-order chi connectivity index (χ1) is 16.1. The van der Waals surface area contributed by atoms with E-state index in [9.17, 15) is 9.59 Å². The molecular weight excluding hydrogens is 416 g/mol. The van der Waals surface area contributed by atoms with E-state index in [1.54, 1.807) is 12.4 Å². The Kier molecular flexibility index (Phi) is 6.15. The number of pyridine rings is 2. The first-order valence-electron chi connectivity index (χ1n) is 12.1. The summed E-state index contributed by atoms with van der Waals surface area (Å²) in [5.74, 6) is 1.84. The van der Waals surface area contributed by atoms with Crippen LogP contribution in [0.15, 0.2) is 36.7 Å². The largest absolute Gasteiger partial charge is 0.357 e. The molecule has 8 nitrogen and oxygen atoms in total. The number of anilines is 2. The predicted molar refractivity (Wildman–Crippen MR) is 128 cm³/mol. The van der Waals surface area contributed by atoms with Gasteiger partial charge in [-0.05, 0) is 56.9 Å². The number of piperazine rings is 1. The zero-order chi connectivity index (χ0) is 22.8. The monoisotopic (exact) mass is 448 g/mol. The highest BCUT2D eigenvalue weighted by molar-refractivity contribution is 5.96. The SMILES string of the molecule is C[C@H]1CN(C(=O)c2ccc(N3CCCC3)nc2)CCN1C(=O)c1ccc(N2CCCC2)nc1. The van der Waals surface area contributed by atoms with Crippen LogP contribution in [0.5, 0.6) is 0 Å². The minimum Gasteiger partial charge on any atom is -0.357 e. The molecule has 2 aromatic rings. The van der Waals surface area contributed by atoms with E-state index in [1.165, 1.54) is 25.7 Å². The third-order valence-electron chi connectivity index (χ3n) is 7.03. The van der Waals surface area contributed by atoms with Gasteiger partial charge in [-0.15, -0.1) is 0 Å². The molecule has 2 aromatic heterocycles. The number of aromatic nitrogens is 2. The number of nitrogens with zero attached hydrogens (tertiary/aromatic N) is 6. The fraction of sp³-hybridized carbons (Fsp3) is 0.520. The van der Waals surface area contributed by atoms with Gasteiger partial charge in [0.05, 0.1) is 11.1 Å². The third kappa shape index (κ3) is 4.51. The molecule has 8 heteroatoms. The summed E-state index contributed by atoms with van der Waals surface area (Å²) in [4.78, 5) is 43.4. The van der Waals surface area contributed by atoms with Crippen molar-refractivity contribution in [1.82, 2.24) is 19.8 Å². The summed E-state index contributed by atoms with van der Waals surface area (Å²) >= 11 is 0. The molecule has 5 heterocycles. The maximum absolute atomic E-state index is 13.1. The molecule has 33 heavy (non-hydrogen) atoms. The molecule has 0 bridgehead atoms. The van der Waals surface area contributed by atoms with Gasteiger partial charge in [-0.1, -0.05) is 0 Å². The van der Waals surface area contributed by atoms with Gasteiger partial charge in [-0.2, -0.15) is 0 Å². The Bertz CT molecular complexity index is 981. The van der Waals surface area contributed by atoms with Crippen LogP contribution in [0.4, 0.5) is 11.6 Å². The Balaban J connectivity index is 1.19. The van der Waals surface area contributed by atoms with E-state index in [-0.39, 0.29) is 17.9 Å². The van der Waals surface area contributed by atoms with Crippen LogP contribution in [0, 0.1) is 0 Å². The molecule has 5 rings (SSSR count). The van der Waals surface area contributed by atoms with Crippen molar-refractivity contribution in [1.29, 1.82) is 0 Å². The van der Waals surface area contributed by atoms with Gasteiger partial charge < -0.3 is 19.6 Å². The van der Waals surface area contributed by atoms with E-state index in [0.717, 1.165) is 37.8 Å². The van der Waals surface area contributed by atoms with Gasteiger partial charge in [0.25, 0.3) is 11.8 Å². The van der Waals surface area contributed by atoms with Gasteiger partial charge in [-0.3, -0.25) is 9.59 Å². The molecule has 3 saturated heterocycles. The lowest BCUT2D eigenvalue weighted by Crippen LogP contribution is -2.55. The first-order valence-corrected chi connectivity index (χ1v) is 12.1. The Morgan fingerprint density at radius 3 is 1.70 bits per heavy atom. The van der Waals surface area contributed by atoms with Gasteiger partial charge in [0, 0.05) is 64.2 Å². The highest BCUT2D eigenvalue weighted by atomic mass is 16.2. The molecule has 0 spiro atoms. The summed E-state index contributed by atoms with van der Waals surface area (Å²) < 4.78 is 0. The second-order valence-corrected chi connectivity index (χ2v) is 9.30. The quantitative estimate of drug-likeness (QED) is 0.716. The summed E-state index contributed by atoms with van der Waals surface area (Å²) in [6.07, 6.45) is 8.16. The van der Waals surface area contributed by atoms with Gasteiger partial charge in [-0.25, -0.2) is 9.97 Å². The lowest BCUT2D eigenvalue weighted by molar-refractivity contribution is 0.0414. The van der Waals surface area contributed by atoms with E-state index in [4.69, 9.17) is 0 Å². The van der Waals surface area contributed by atoms with E-state index >= 15 is 0 Å². The van der Waals surface area contributed by atoms with Crippen LogP contribution in [0.3, 0.4) is 0 Å². The minimum absolute atomic E-state index is 0.0216. The molecular formula is C25H32N6O2. The fourth-order valence-electron chi connectivity index (χ4n) is 5.08. The normalized spacial score (nSPS) is 21.1. The topological polar surface area (TPSA) is 72.9 Å². The van der Waals surface area contributed by atoms with Crippen LogP contribution < -0.4 is 9.80 Å². The van der Waals surface area contributed by atoms with E-state index in [2.05, 4.69) is 19.8 Å². The van der Waals surface area contributed by atoms with Crippen LogP contribution in [0.2, 0.25) is 0 Å². The second kappa shape index (κ2) is 9.37. The molecule has 0 aromatic carbocycles. The van der Waals surface area contributed by atoms with Crippen LogP contribution in [-0.2, 0) is 0 Å². The molecule has 3 aliphatic rings. The third-order valence-corrected chi connectivity index (χ3v) is 7.03. The summed E-state index contributed by atoms with van der Waals surface area (Å²) in [6, 6.07) is 7.58. The van der Waals surface area contributed by atoms with Crippen molar-refractivity contribution >= 4 is 23.5 Å². The number of carbonyl (C=O) groups is 2. The zero-order valence-corrected chi connectivity index (χ0v) is 19.3. The molecule has 3 fully saturated rings. The van der Waals surface area contributed by atoms with Crippen molar-refractivity contribution in [3.63, 3.8) is 0 Å². The first kappa shape index (κ1) is 21.7. The van der Waals surface area contributed by atoms with Crippen molar-refractivity contribution in [2.45, 2.75) is 38.6 Å². The van der Waals surface area contributed by atoms with Gasteiger partial charge in [0.2, 0.25) is 0 Å². The Morgan fingerprint density at radius 1 is 0.727 bits per heavy atom. The van der Waals surface area contributed by atoms with Crippen molar-refractivity contribution in [3.05, 3.63) is 47.8 Å². The average molecular weight is 449 g/mol. The maximum Gasteiger partial charge on any atom is 0.255 e. The standard InChI is InChI=1S/C25H32N6O2/c1-19-18-30(24(32)20-6-8-22(26-16-20)28-10-2-3-11-28)14-15-31(19)25(33)21-7-9-23(27-17-21)29-12-4-5-13-29/h6-9,16-17,19H,2-5,10-15,18H2,1H3/t19-/m0/s1. The number of amides is 2. The van der Waals surface area contributed by atoms with Gasteiger partial charge >= 0.3 is 0 Å². The molecule has 0 saturated carbocycles. The predicted octanol–water partition coefficient (Wildman–Crippen LogP) is 2.66. The summed E-state index contributed by atoms with van der Waals surface area (Å²) in [7, 11) is 0. The van der Waals surface area contributed by atoms with Crippen molar-refractivity contribution in [2.75, 3.05) is 55.6 Å². The molecule has 174 valence electrons. The van der Waals surface area contributed by atoms with Gasteiger partial charge in [0.15, 0.2) is 0 Å². The minimum atomic E-state index is -0.0645. The van der Waals surface area contributed by atoms with E-state index < -0.39 is 0 Å². The van der Waals surface area contributed by atoms with E-state index in [1.807, 2.05) is 41.0 Å². The molecule has 0 aliphatic carbocycles. The van der Waals surface area contributed by atoms with Crippen LogP contribution in [0.1, 0.15) is 53.3 Å². The molecule has 0 unspecified atom stereocenters. The average Bonchev–Trinajstić information content (AvgIpc) is 3.58. The van der Waals surface area contributed by atoms with Crippen molar-refractivity contribution in [3.8, 4) is 0 Å². The second-order valence-electron chi connectivity index (χ2n) is 9.30. The van der Waals surface area contributed by atoms with Gasteiger partial charge in [0.1, 0.15) is 11.6 Å². The lowest BCUT2D eigenvalue weighted by Gasteiger charge is -2.40. The molecule has 2 amide bonds. The summed E-state index contributed by atoms with van der Waals surface area (Å²) in [5.41, 5.74) is 1.21. The Morgan fingerprint density at radius 2 is 1.24 bits per heavy atom. The highest BCUT2D eigenvalue weighted by Gasteiger charge is 2.31. The molecule has 3 aliphatic heterocycles. The molecule has 0 radical (unpaired) electrons. The lowest BCUT2D eigenvalue weighted by atomic mass is 10.1. The Labute approximate surface area is 195 Å². The number of hydrogen-bond donors (Lipinski definition) is 0. The molecule has 1 atom stereocenters. The van der Waals surface area contributed by atoms with Crippen LogP contribution >= 0.6 is 0 Å². The molecule has 0 N–H and O–H groups in total. The number of rotatable bonds is 4. The smallest absolute Gasteiger partial charge is 0.255 e.